The zero-order valence-corrected chi connectivity index (χ0v) is 12.9. The second-order valence-corrected chi connectivity index (χ2v) is 5.07. The zero-order valence-electron chi connectivity index (χ0n) is 12.9. The lowest BCUT2D eigenvalue weighted by Crippen LogP contribution is -2.22. The van der Waals surface area contributed by atoms with Crippen molar-refractivity contribution in [2.45, 2.75) is 26.8 Å². The highest BCUT2D eigenvalue weighted by atomic mass is 16.5. The van der Waals surface area contributed by atoms with Crippen molar-refractivity contribution in [2.75, 3.05) is 13.7 Å². The van der Waals surface area contributed by atoms with E-state index < -0.39 is 0 Å². The first kappa shape index (κ1) is 14.6. The fraction of sp³-hybridized carbons (Fsp3) is 0.438. The van der Waals surface area contributed by atoms with Crippen LogP contribution in [-0.4, -0.2) is 23.4 Å². The van der Waals surface area contributed by atoms with Crippen molar-refractivity contribution in [1.82, 2.24) is 15.1 Å². The van der Waals surface area contributed by atoms with Gasteiger partial charge in [0.2, 0.25) is 0 Å². The van der Waals surface area contributed by atoms with Crippen LogP contribution < -0.4 is 10.1 Å². The third kappa shape index (κ3) is 2.70. The predicted molar refractivity (Wildman–Crippen MR) is 81.2 cm³/mol. The molecule has 1 aromatic heterocycles. The van der Waals surface area contributed by atoms with Crippen LogP contribution in [0.4, 0.5) is 0 Å². The van der Waals surface area contributed by atoms with Gasteiger partial charge in [-0.25, -0.2) is 0 Å². The van der Waals surface area contributed by atoms with E-state index in [0.717, 1.165) is 23.4 Å². The number of aryl methyl sites for hydroxylation is 2. The Hall–Kier alpha value is -1.81. The number of hydrogen-bond acceptors (Lipinski definition) is 3. The molecule has 20 heavy (non-hydrogen) atoms. The molecule has 2 rings (SSSR count). The van der Waals surface area contributed by atoms with Gasteiger partial charge in [0.05, 0.1) is 19.3 Å². The number of hydrogen-bond donors (Lipinski definition) is 1. The second kappa shape index (κ2) is 6.09. The molecule has 4 nitrogen and oxygen atoms in total. The first-order valence-corrected chi connectivity index (χ1v) is 6.94. The minimum absolute atomic E-state index is 0.1000. The van der Waals surface area contributed by atoms with E-state index in [9.17, 15) is 0 Å². The van der Waals surface area contributed by atoms with Crippen LogP contribution in [0.1, 0.15) is 35.2 Å². The van der Waals surface area contributed by atoms with Crippen LogP contribution in [0.15, 0.2) is 24.5 Å². The van der Waals surface area contributed by atoms with Gasteiger partial charge in [0.15, 0.2) is 0 Å². The van der Waals surface area contributed by atoms with E-state index in [1.807, 2.05) is 24.1 Å². The van der Waals surface area contributed by atoms with Crippen molar-refractivity contribution < 1.29 is 4.74 Å². The molecular weight excluding hydrogens is 250 g/mol. The molecule has 0 aliphatic rings. The Balaban J connectivity index is 2.52. The summed E-state index contributed by atoms with van der Waals surface area (Å²) in [5, 5.41) is 7.79. The van der Waals surface area contributed by atoms with E-state index in [2.05, 4.69) is 43.3 Å². The van der Waals surface area contributed by atoms with E-state index in [-0.39, 0.29) is 6.04 Å². The Bertz CT molecular complexity index is 589. The van der Waals surface area contributed by atoms with Gasteiger partial charge in [-0.3, -0.25) is 4.68 Å². The van der Waals surface area contributed by atoms with Crippen molar-refractivity contribution >= 4 is 0 Å². The van der Waals surface area contributed by atoms with Crippen LogP contribution in [0.2, 0.25) is 0 Å². The van der Waals surface area contributed by atoms with Crippen molar-refractivity contribution in [3.8, 4) is 5.75 Å². The monoisotopic (exact) mass is 273 g/mol. The maximum Gasteiger partial charge on any atom is 0.127 e. The van der Waals surface area contributed by atoms with Crippen LogP contribution in [0.3, 0.4) is 0 Å². The van der Waals surface area contributed by atoms with Crippen LogP contribution in [0, 0.1) is 13.8 Å². The average Bonchev–Trinajstić information content (AvgIpc) is 2.86. The topological polar surface area (TPSA) is 39.1 Å². The van der Waals surface area contributed by atoms with E-state index in [4.69, 9.17) is 4.74 Å². The SMILES string of the molecule is CCNC(c1cnn(C)c1)c1ccc(C)c(C)c1OC. The van der Waals surface area contributed by atoms with Gasteiger partial charge in [0.25, 0.3) is 0 Å². The maximum atomic E-state index is 5.65. The molecule has 1 unspecified atom stereocenters. The number of methoxy groups -OCH3 is 1. The van der Waals surface area contributed by atoms with Gasteiger partial charge in [-0.2, -0.15) is 5.10 Å². The zero-order chi connectivity index (χ0) is 14.7. The summed E-state index contributed by atoms with van der Waals surface area (Å²) < 4.78 is 7.47. The summed E-state index contributed by atoms with van der Waals surface area (Å²) >= 11 is 0. The highest BCUT2D eigenvalue weighted by molar-refractivity contribution is 5.49. The first-order chi connectivity index (χ1) is 9.58. The van der Waals surface area contributed by atoms with Gasteiger partial charge in [0.1, 0.15) is 5.75 Å². The summed E-state index contributed by atoms with van der Waals surface area (Å²) in [6.07, 6.45) is 3.95. The van der Waals surface area contributed by atoms with Crippen LogP contribution >= 0.6 is 0 Å². The molecular formula is C16H23N3O. The van der Waals surface area contributed by atoms with Crippen LogP contribution in [0.25, 0.3) is 0 Å². The minimum Gasteiger partial charge on any atom is -0.496 e. The van der Waals surface area contributed by atoms with Crippen LogP contribution in [-0.2, 0) is 7.05 Å². The molecule has 1 atom stereocenters. The molecule has 0 spiro atoms. The summed E-state index contributed by atoms with van der Waals surface area (Å²) in [6, 6.07) is 4.39. The third-order valence-electron chi connectivity index (χ3n) is 3.69. The lowest BCUT2D eigenvalue weighted by Gasteiger charge is -2.21. The predicted octanol–water partition coefficient (Wildman–Crippen LogP) is 2.74. The Morgan fingerprint density at radius 3 is 2.65 bits per heavy atom. The van der Waals surface area contributed by atoms with Crippen molar-refractivity contribution in [3.05, 3.63) is 46.8 Å². The fourth-order valence-electron chi connectivity index (χ4n) is 2.51. The van der Waals surface area contributed by atoms with E-state index in [1.54, 1.807) is 7.11 Å². The fourth-order valence-corrected chi connectivity index (χ4v) is 2.51. The number of benzene rings is 1. The quantitative estimate of drug-likeness (QED) is 0.910. The number of nitrogens with zero attached hydrogens (tertiary/aromatic N) is 2. The molecule has 0 fully saturated rings. The maximum absolute atomic E-state index is 5.65. The third-order valence-corrected chi connectivity index (χ3v) is 3.69. The molecule has 0 aliphatic heterocycles. The average molecular weight is 273 g/mol. The number of rotatable bonds is 5. The number of aromatic nitrogens is 2. The lowest BCUT2D eigenvalue weighted by molar-refractivity contribution is 0.401. The van der Waals surface area contributed by atoms with Gasteiger partial charge in [0, 0.05) is 24.4 Å². The molecule has 0 aliphatic carbocycles. The highest BCUT2D eigenvalue weighted by Gasteiger charge is 2.20. The Kier molecular flexibility index (Phi) is 4.45. The molecule has 0 saturated carbocycles. The Morgan fingerprint density at radius 1 is 1.35 bits per heavy atom. The summed E-state index contributed by atoms with van der Waals surface area (Å²) in [7, 11) is 3.67. The number of nitrogens with one attached hydrogen (secondary N) is 1. The molecule has 0 radical (unpaired) electrons. The largest absolute Gasteiger partial charge is 0.496 e. The van der Waals surface area contributed by atoms with Crippen molar-refractivity contribution in [3.63, 3.8) is 0 Å². The van der Waals surface area contributed by atoms with Crippen LogP contribution in [0.5, 0.6) is 5.75 Å². The molecule has 1 heterocycles. The van der Waals surface area contributed by atoms with Gasteiger partial charge in [-0.15, -0.1) is 0 Å². The molecule has 0 amide bonds. The molecule has 0 saturated heterocycles. The normalized spacial score (nSPS) is 12.4. The molecule has 0 bridgehead atoms. The van der Waals surface area contributed by atoms with Crippen molar-refractivity contribution in [1.29, 1.82) is 0 Å². The highest BCUT2D eigenvalue weighted by Crippen LogP contribution is 2.33. The van der Waals surface area contributed by atoms with Gasteiger partial charge in [-0.1, -0.05) is 19.1 Å². The minimum atomic E-state index is 0.1000. The summed E-state index contributed by atoms with van der Waals surface area (Å²) in [6.45, 7) is 7.20. The van der Waals surface area contributed by atoms with Crippen molar-refractivity contribution in [2.24, 2.45) is 7.05 Å². The smallest absolute Gasteiger partial charge is 0.127 e. The lowest BCUT2D eigenvalue weighted by atomic mass is 9.96. The molecule has 4 heteroatoms. The van der Waals surface area contributed by atoms with Gasteiger partial charge < -0.3 is 10.1 Å². The van der Waals surface area contributed by atoms with E-state index in [1.165, 1.54) is 11.1 Å². The Labute approximate surface area is 120 Å². The van der Waals surface area contributed by atoms with E-state index >= 15 is 0 Å². The summed E-state index contributed by atoms with van der Waals surface area (Å²) in [5.74, 6) is 0.958. The molecule has 108 valence electrons. The standard InChI is InChI=1S/C16H23N3O/c1-6-17-15(13-9-18-19(4)10-13)14-8-7-11(2)12(3)16(14)20-5/h7-10,15,17H,6H2,1-5H3. The molecule has 2 aromatic rings. The summed E-state index contributed by atoms with van der Waals surface area (Å²) in [5.41, 5.74) is 4.74. The Morgan fingerprint density at radius 2 is 2.10 bits per heavy atom. The first-order valence-electron chi connectivity index (χ1n) is 6.94. The van der Waals surface area contributed by atoms with Gasteiger partial charge in [-0.05, 0) is 31.5 Å². The summed E-state index contributed by atoms with van der Waals surface area (Å²) in [4.78, 5) is 0. The second-order valence-electron chi connectivity index (χ2n) is 5.07. The number of ether oxygens (including phenoxy) is 1. The van der Waals surface area contributed by atoms with Gasteiger partial charge >= 0.3 is 0 Å². The molecule has 1 N–H and O–H groups in total. The van der Waals surface area contributed by atoms with E-state index in [0.29, 0.717) is 0 Å². The molecule has 1 aromatic carbocycles.